The van der Waals surface area contributed by atoms with Crippen molar-refractivity contribution >= 4 is 28.1 Å². The van der Waals surface area contributed by atoms with E-state index >= 15 is 0 Å². The highest BCUT2D eigenvalue weighted by molar-refractivity contribution is 7.84. The van der Waals surface area contributed by atoms with E-state index in [2.05, 4.69) is 10.2 Å². The molecule has 24 heavy (non-hydrogen) atoms. The van der Waals surface area contributed by atoms with Gasteiger partial charge in [-0.2, -0.15) is 0 Å². The van der Waals surface area contributed by atoms with Crippen LogP contribution >= 0.6 is 11.3 Å². The molecule has 0 fully saturated rings. The largest absolute Gasteiger partial charge is 0.449 e. The van der Waals surface area contributed by atoms with Gasteiger partial charge >= 0.3 is 5.97 Å². The van der Waals surface area contributed by atoms with E-state index in [1.165, 1.54) is 11.3 Å². The number of benzene rings is 1. The van der Waals surface area contributed by atoms with Gasteiger partial charge in [-0.3, -0.25) is 4.21 Å². The second-order valence-corrected chi connectivity index (χ2v) is 7.28. The molecule has 0 saturated carbocycles. The van der Waals surface area contributed by atoms with Gasteiger partial charge in [0.15, 0.2) is 6.10 Å². The van der Waals surface area contributed by atoms with E-state index in [0.29, 0.717) is 16.3 Å². The maximum Gasteiger partial charge on any atom is 0.338 e. The van der Waals surface area contributed by atoms with Gasteiger partial charge in [0.25, 0.3) is 11.8 Å². The summed E-state index contributed by atoms with van der Waals surface area (Å²) in [6, 6.07) is 10.2. The van der Waals surface area contributed by atoms with Crippen LogP contribution in [0.4, 0.5) is 0 Å². The predicted molar refractivity (Wildman–Crippen MR) is 90.2 cm³/mol. The first-order chi connectivity index (χ1) is 11.5. The van der Waals surface area contributed by atoms with E-state index in [1.807, 2.05) is 17.5 Å². The Hall–Kier alpha value is -2.32. The number of hydrogen-bond acceptors (Lipinski definition) is 7. The Morgan fingerprint density at radius 2 is 2.00 bits per heavy atom. The minimum Gasteiger partial charge on any atom is -0.449 e. The SMILES string of the molecule is CC(OC(=O)c1ccc(S(C)=O)cc1)c1nnc(-c2cccs2)o1. The maximum atomic E-state index is 12.2. The zero-order valence-corrected chi connectivity index (χ0v) is 14.6. The molecule has 6 nitrogen and oxygen atoms in total. The molecule has 0 bridgehead atoms. The van der Waals surface area contributed by atoms with Crippen molar-refractivity contribution in [3.05, 3.63) is 53.2 Å². The summed E-state index contributed by atoms with van der Waals surface area (Å²) >= 11 is 1.49. The Morgan fingerprint density at radius 3 is 2.62 bits per heavy atom. The molecule has 2 aromatic heterocycles. The van der Waals surface area contributed by atoms with Crippen LogP contribution < -0.4 is 0 Å². The number of aromatic nitrogens is 2. The average Bonchev–Trinajstić information content (AvgIpc) is 3.26. The maximum absolute atomic E-state index is 12.2. The van der Waals surface area contributed by atoms with Gasteiger partial charge in [0.1, 0.15) is 0 Å². The first-order valence-corrected chi connectivity index (χ1v) is 9.50. The quantitative estimate of drug-likeness (QED) is 0.647. The van der Waals surface area contributed by atoms with Gasteiger partial charge in [-0.1, -0.05) is 6.07 Å². The second-order valence-electron chi connectivity index (χ2n) is 4.95. The van der Waals surface area contributed by atoms with Gasteiger partial charge in [0.2, 0.25) is 0 Å². The van der Waals surface area contributed by atoms with Crippen LogP contribution in [-0.2, 0) is 15.5 Å². The van der Waals surface area contributed by atoms with Crippen molar-refractivity contribution in [2.24, 2.45) is 0 Å². The molecule has 1 aromatic carbocycles. The second kappa shape index (κ2) is 7.06. The summed E-state index contributed by atoms with van der Waals surface area (Å²) < 4.78 is 22.3. The van der Waals surface area contributed by atoms with Crippen molar-refractivity contribution in [2.45, 2.75) is 17.9 Å². The van der Waals surface area contributed by atoms with Gasteiger partial charge < -0.3 is 9.15 Å². The monoisotopic (exact) mass is 362 g/mol. The molecular weight excluding hydrogens is 348 g/mol. The van der Waals surface area contributed by atoms with Gasteiger partial charge in [-0.05, 0) is 42.6 Å². The molecular formula is C16H14N2O4S2. The van der Waals surface area contributed by atoms with Crippen LogP contribution in [0.1, 0.15) is 29.3 Å². The molecule has 0 aliphatic heterocycles. The van der Waals surface area contributed by atoms with Crippen molar-refractivity contribution < 1.29 is 18.2 Å². The van der Waals surface area contributed by atoms with Crippen molar-refractivity contribution in [3.8, 4) is 10.8 Å². The van der Waals surface area contributed by atoms with Crippen LogP contribution in [0.2, 0.25) is 0 Å². The zero-order chi connectivity index (χ0) is 17.1. The van der Waals surface area contributed by atoms with Crippen LogP contribution in [-0.4, -0.2) is 26.6 Å². The number of rotatable bonds is 5. The lowest BCUT2D eigenvalue weighted by atomic mass is 10.2. The fraction of sp³-hybridized carbons (Fsp3) is 0.188. The lowest BCUT2D eigenvalue weighted by Crippen LogP contribution is -2.09. The van der Waals surface area contributed by atoms with Crippen molar-refractivity contribution in [2.75, 3.05) is 6.26 Å². The third-order valence-corrected chi connectivity index (χ3v) is 5.02. The highest BCUT2D eigenvalue weighted by Crippen LogP contribution is 2.26. The highest BCUT2D eigenvalue weighted by Gasteiger charge is 2.20. The molecule has 3 aromatic rings. The number of nitrogens with zero attached hydrogens (tertiary/aromatic N) is 2. The Balaban J connectivity index is 1.69. The van der Waals surface area contributed by atoms with E-state index < -0.39 is 22.9 Å². The Bertz CT molecular complexity index is 857. The van der Waals surface area contributed by atoms with Crippen LogP contribution in [0.5, 0.6) is 0 Å². The number of hydrogen-bond donors (Lipinski definition) is 0. The first-order valence-electron chi connectivity index (χ1n) is 7.06. The van der Waals surface area contributed by atoms with Gasteiger partial charge in [-0.15, -0.1) is 21.5 Å². The minimum atomic E-state index is -1.09. The summed E-state index contributed by atoms with van der Waals surface area (Å²) in [5, 5.41) is 9.80. The summed E-state index contributed by atoms with van der Waals surface area (Å²) in [7, 11) is -1.09. The molecule has 2 heterocycles. The molecule has 0 saturated heterocycles. The lowest BCUT2D eigenvalue weighted by molar-refractivity contribution is 0.0280. The number of ether oxygens (including phenoxy) is 1. The van der Waals surface area contributed by atoms with Crippen molar-refractivity contribution in [3.63, 3.8) is 0 Å². The smallest absolute Gasteiger partial charge is 0.338 e. The summed E-state index contributed by atoms with van der Waals surface area (Å²) in [4.78, 5) is 13.7. The van der Waals surface area contributed by atoms with E-state index in [1.54, 1.807) is 37.4 Å². The highest BCUT2D eigenvalue weighted by atomic mass is 32.2. The molecule has 0 aliphatic rings. The molecule has 0 spiro atoms. The average molecular weight is 362 g/mol. The number of carbonyl (C=O) groups excluding carboxylic acids is 1. The third kappa shape index (κ3) is 3.60. The molecule has 0 radical (unpaired) electrons. The molecule has 2 unspecified atom stereocenters. The molecule has 2 atom stereocenters. The van der Waals surface area contributed by atoms with Crippen LogP contribution in [0.3, 0.4) is 0 Å². The fourth-order valence-corrected chi connectivity index (χ4v) is 3.12. The Labute approximate surface area is 144 Å². The van der Waals surface area contributed by atoms with Gasteiger partial charge in [0, 0.05) is 22.0 Å². The van der Waals surface area contributed by atoms with Gasteiger partial charge in [0.05, 0.1) is 10.4 Å². The fourth-order valence-electron chi connectivity index (χ4n) is 1.96. The van der Waals surface area contributed by atoms with E-state index in [-0.39, 0.29) is 5.89 Å². The lowest BCUT2D eigenvalue weighted by Gasteiger charge is -2.09. The number of thiophene rings is 1. The standard InChI is InChI=1S/C16H14N2O4S2/c1-10(14-17-18-15(22-14)13-4-3-9-23-13)21-16(19)11-5-7-12(8-6-11)24(2)20/h3-10H,1-2H3. The van der Waals surface area contributed by atoms with Gasteiger partial charge in [-0.25, -0.2) is 4.79 Å². The molecule has 3 rings (SSSR count). The number of carbonyl (C=O) groups is 1. The summed E-state index contributed by atoms with van der Waals surface area (Å²) in [6.45, 7) is 1.67. The van der Waals surface area contributed by atoms with E-state index in [0.717, 1.165) is 4.88 Å². The van der Waals surface area contributed by atoms with E-state index in [9.17, 15) is 9.00 Å². The Morgan fingerprint density at radius 1 is 1.25 bits per heavy atom. The van der Waals surface area contributed by atoms with Crippen LogP contribution in [0.25, 0.3) is 10.8 Å². The summed E-state index contributed by atoms with van der Waals surface area (Å²) in [6.07, 6.45) is 0.912. The zero-order valence-electron chi connectivity index (χ0n) is 13.0. The molecule has 0 N–H and O–H groups in total. The normalized spacial score (nSPS) is 13.4. The van der Waals surface area contributed by atoms with Crippen molar-refractivity contribution in [1.82, 2.24) is 10.2 Å². The third-order valence-electron chi connectivity index (χ3n) is 3.23. The first kappa shape index (κ1) is 16.5. The number of esters is 1. The van der Waals surface area contributed by atoms with Crippen molar-refractivity contribution in [1.29, 1.82) is 0 Å². The van der Waals surface area contributed by atoms with Crippen LogP contribution in [0, 0.1) is 0 Å². The molecule has 8 heteroatoms. The summed E-state index contributed by atoms with van der Waals surface area (Å²) in [5.41, 5.74) is 0.369. The molecule has 0 aliphatic carbocycles. The topological polar surface area (TPSA) is 82.3 Å². The molecule has 0 amide bonds. The Kier molecular flexibility index (Phi) is 4.86. The minimum absolute atomic E-state index is 0.234. The van der Waals surface area contributed by atoms with E-state index in [4.69, 9.17) is 9.15 Å². The van der Waals surface area contributed by atoms with Crippen LogP contribution in [0.15, 0.2) is 51.1 Å². The summed E-state index contributed by atoms with van der Waals surface area (Å²) in [5.74, 6) is 0.127. The molecule has 124 valence electrons. The predicted octanol–water partition coefficient (Wildman–Crippen LogP) is 3.45.